The first-order valence-electron chi connectivity index (χ1n) is 3.94. The molecule has 0 aromatic rings. The summed E-state index contributed by atoms with van der Waals surface area (Å²) in [5.74, 6) is 0.447. The van der Waals surface area contributed by atoms with Crippen molar-refractivity contribution in [2.24, 2.45) is 11.3 Å². The molecule has 1 unspecified atom stereocenters. The van der Waals surface area contributed by atoms with Crippen molar-refractivity contribution in [1.82, 2.24) is 0 Å². The molecular formula is C8H19O2P. The third-order valence-electron chi connectivity index (χ3n) is 2.26. The van der Waals surface area contributed by atoms with Crippen molar-refractivity contribution in [3.05, 3.63) is 0 Å². The van der Waals surface area contributed by atoms with Crippen LogP contribution in [-0.2, 0) is 4.57 Å². The third kappa shape index (κ3) is 4.60. The lowest BCUT2D eigenvalue weighted by molar-refractivity contribution is 0.278. The molecule has 11 heavy (non-hydrogen) atoms. The van der Waals surface area contributed by atoms with E-state index >= 15 is 0 Å². The Balaban J connectivity index is 4.25. The van der Waals surface area contributed by atoms with Gasteiger partial charge in [0, 0.05) is 12.8 Å². The normalized spacial score (nSPS) is 18.5. The maximum Gasteiger partial charge on any atom is 0.198 e. The molecular weight excluding hydrogens is 159 g/mol. The molecule has 1 atom stereocenters. The van der Waals surface area contributed by atoms with Gasteiger partial charge in [-0.05, 0) is 11.3 Å². The van der Waals surface area contributed by atoms with E-state index in [1.807, 2.05) is 13.8 Å². The van der Waals surface area contributed by atoms with Crippen LogP contribution >= 0.6 is 7.37 Å². The second kappa shape index (κ2) is 3.28. The monoisotopic (exact) mass is 178 g/mol. The lowest BCUT2D eigenvalue weighted by Crippen LogP contribution is -2.23. The lowest BCUT2D eigenvalue weighted by Gasteiger charge is -2.29. The molecule has 0 fully saturated rings. The standard InChI is InChI=1S/C8H19O2P/c1-7(2)8(3,4)6-11(5,9)10/h7H,6H2,1-5H3,(H,9,10). The highest BCUT2D eigenvalue weighted by atomic mass is 31.2. The van der Waals surface area contributed by atoms with Gasteiger partial charge in [-0.15, -0.1) is 0 Å². The zero-order valence-electron chi connectivity index (χ0n) is 8.09. The van der Waals surface area contributed by atoms with Gasteiger partial charge in [-0.3, -0.25) is 4.57 Å². The van der Waals surface area contributed by atoms with Crippen molar-refractivity contribution < 1.29 is 9.46 Å². The summed E-state index contributed by atoms with van der Waals surface area (Å²) >= 11 is 0. The predicted octanol–water partition coefficient (Wildman–Crippen LogP) is 2.57. The summed E-state index contributed by atoms with van der Waals surface area (Å²) in [7, 11) is -2.84. The van der Waals surface area contributed by atoms with E-state index in [9.17, 15) is 4.57 Å². The summed E-state index contributed by atoms with van der Waals surface area (Å²) in [4.78, 5) is 9.16. The highest BCUT2D eigenvalue weighted by Gasteiger charge is 2.28. The molecule has 0 aromatic carbocycles. The molecule has 0 saturated heterocycles. The second-order valence-electron chi connectivity index (χ2n) is 4.35. The van der Waals surface area contributed by atoms with E-state index in [1.165, 1.54) is 6.66 Å². The Morgan fingerprint density at radius 2 is 1.82 bits per heavy atom. The van der Waals surface area contributed by atoms with E-state index in [2.05, 4.69) is 13.8 Å². The molecule has 0 heterocycles. The van der Waals surface area contributed by atoms with Crippen molar-refractivity contribution >= 4 is 7.37 Å². The van der Waals surface area contributed by atoms with Crippen molar-refractivity contribution in [1.29, 1.82) is 0 Å². The fourth-order valence-electron chi connectivity index (χ4n) is 0.939. The van der Waals surface area contributed by atoms with E-state index in [1.54, 1.807) is 0 Å². The zero-order chi connectivity index (χ0) is 9.28. The molecule has 0 aromatic heterocycles. The fourth-order valence-corrected chi connectivity index (χ4v) is 2.82. The molecule has 0 saturated carbocycles. The average Bonchev–Trinajstić information content (AvgIpc) is 1.56. The molecule has 0 bridgehead atoms. The molecule has 0 amide bonds. The van der Waals surface area contributed by atoms with Crippen LogP contribution in [-0.4, -0.2) is 17.7 Å². The molecule has 0 radical (unpaired) electrons. The first kappa shape index (κ1) is 11.2. The molecule has 0 aliphatic heterocycles. The fraction of sp³-hybridized carbons (Fsp3) is 1.00. The van der Waals surface area contributed by atoms with Gasteiger partial charge in [-0.1, -0.05) is 27.7 Å². The van der Waals surface area contributed by atoms with Gasteiger partial charge in [0.25, 0.3) is 0 Å². The Labute approximate surface area is 69.5 Å². The molecule has 0 spiro atoms. The molecule has 2 nitrogen and oxygen atoms in total. The van der Waals surface area contributed by atoms with Crippen LogP contribution in [0.4, 0.5) is 0 Å². The molecule has 0 rings (SSSR count). The van der Waals surface area contributed by atoms with Crippen molar-refractivity contribution in [3.8, 4) is 0 Å². The SMILES string of the molecule is CC(C)C(C)(C)CP(C)(=O)O. The molecule has 1 N–H and O–H groups in total. The minimum absolute atomic E-state index is 0.0287. The average molecular weight is 178 g/mol. The summed E-state index contributed by atoms with van der Waals surface area (Å²) in [6.45, 7) is 9.65. The van der Waals surface area contributed by atoms with E-state index in [0.717, 1.165) is 0 Å². The van der Waals surface area contributed by atoms with Crippen LogP contribution in [0.1, 0.15) is 27.7 Å². The quantitative estimate of drug-likeness (QED) is 0.674. The van der Waals surface area contributed by atoms with Crippen LogP contribution in [0.15, 0.2) is 0 Å². The highest BCUT2D eigenvalue weighted by Crippen LogP contribution is 2.44. The summed E-state index contributed by atoms with van der Waals surface area (Å²) in [5, 5.41) is 0. The maximum atomic E-state index is 11.1. The highest BCUT2D eigenvalue weighted by molar-refractivity contribution is 7.57. The van der Waals surface area contributed by atoms with Crippen LogP contribution < -0.4 is 0 Å². The molecule has 3 heteroatoms. The smallest absolute Gasteiger partial charge is 0.198 e. The van der Waals surface area contributed by atoms with Crippen LogP contribution in [0.3, 0.4) is 0 Å². The predicted molar refractivity (Wildman–Crippen MR) is 49.2 cm³/mol. The van der Waals surface area contributed by atoms with E-state index in [4.69, 9.17) is 4.89 Å². The molecule has 68 valence electrons. The Hall–Kier alpha value is 0.190. The second-order valence-corrected chi connectivity index (χ2v) is 6.77. The van der Waals surface area contributed by atoms with Gasteiger partial charge in [-0.2, -0.15) is 0 Å². The van der Waals surface area contributed by atoms with Crippen molar-refractivity contribution in [2.45, 2.75) is 27.7 Å². The van der Waals surface area contributed by atoms with Gasteiger partial charge >= 0.3 is 0 Å². The zero-order valence-corrected chi connectivity index (χ0v) is 8.98. The summed E-state index contributed by atoms with van der Waals surface area (Å²) < 4.78 is 11.1. The minimum atomic E-state index is -2.84. The molecule has 0 aliphatic carbocycles. The number of hydrogen-bond acceptors (Lipinski definition) is 1. The topological polar surface area (TPSA) is 37.3 Å². The first-order chi connectivity index (χ1) is 4.65. The summed E-state index contributed by atoms with van der Waals surface area (Å²) in [6, 6.07) is 0. The van der Waals surface area contributed by atoms with E-state index in [-0.39, 0.29) is 5.41 Å². The Morgan fingerprint density at radius 3 is 1.91 bits per heavy atom. The van der Waals surface area contributed by atoms with Crippen LogP contribution in [0, 0.1) is 11.3 Å². The Morgan fingerprint density at radius 1 is 1.45 bits per heavy atom. The first-order valence-corrected chi connectivity index (χ1v) is 6.23. The van der Waals surface area contributed by atoms with E-state index < -0.39 is 7.37 Å². The van der Waals surface area contributed by atoms with Gasteiger partial charge in [0.15, 0.2) is 7.37 Å². The summed E-state index contributed by atoms with van der Waals surface area (Å²) in [5.41, 5.74) is -0.0287. The Bertz CT molecular complexity index is 167. The third-order valence-corrected chi connectivity index (χ3v) is 3.67. The van der Waals surface area contributed by atoms with Gasteiger partial charge in [0.05, 0.1) is 0 Å². The Kier molecular flexibility index (Phi) is 3.34. The van der Waals surface area contributed by atoms with Crippen LogP contribution in [0.5, 0.6) is 0 Å². The number of hydrogen-bond donors (Lipinski definition) is 1. The number of rotatable bonds is 3. The van der Waals surface area contributed by atoms with Crippen LogP contribution in [0.25, 0.3) is 0 Å². The maximum absolute atomic E-state index is 11.1. The lowest BCUT2D eigenvalue weighted by atomic mass is 9.83. The summed E-state index contributed by atoms with van der Waals surface area (Å²) in [6.07, 6.45) is 0.414. The largest absolute Gasteiger partial charge is 0.344 e. The van der Waals surface area contributed by atoms with Crippen LogP contribution in [0.2, 0.25) is 0 Å². The van der Waals surface area contributed by atoms with E-state index in [0.29, 0.717) is 12.1 Å². The van der Waals surface area contributed by atoms with Crippen molar-refractivity contribution in [2.75, 3.05) is 12.8 Å². The van der Waals surface area contributed by atoms with Gasteiger partial charge < -0.3 is 4.89 Å². The van der Waals surface area contributed by atoms with Gasteiger partial charge in [0.1, 0.15) is 0 Å². The molecule has 0 aliphatic rings. The minimum Gasteiger partial charge on any atom is -0.344 e. The van der Waals surface area contributed by atoms with Gasteiger partial charge in [-0.25, -0.2) is 0 Å². The van der Waals surface area contributed by atoms with Gasteiger partial charge in [0.2, 0.25) is 0 Å². The van der Waals surface area contributed by atoms with Crippen molar-refractivity contribution in [3.63, 3.8) is 0 Å².